The fraction of sp³-hybridized carbons (Fsp3) is 0.300. The number of rotatable bonds is 7. The van der Waals surface area contributed by atoms with Crippen LogP contribution < -0.4 is 14.8 Å². The Labute approximate surface area is 162 Å². The van der Waals surface area contributed by atoms with Gasteiger partial charge in [0.15, 0.2) is 11.5 Å². The number of ether oxygens (including phenoxy) is 2. The monoisotopic (exact) mass is 382 g/mol. The molecule has 7 heteroatoms. The predicted molar refractivity (Wildman–Crippen MR) is 109 cm³/mol. The van der Waals surface area contributed by atoms with Gasteiger partial charge in [0, 0.05) is 18.3 Å². The minimum atomic E-state index is 0.267. The zero-order valence-electron chi connectivity index (χ0n) is 15.4. The van der Waals surface area contributed by atoms with Crippen molar-refractivity contribution in [2.24, 2.45) is 0 Å². The van der Waals surface area contributed by atoms with Gasteiger partial charge in [-0.15, -0.1) is 11.3 Å². The van der Waals surface area contributed by atoms with Gasteiger partial charge in [-0.1, -0.05) is 12.1 Å². The Morgan fingerprint density at radius 3 is 2.89 bits per heavy atom. The van der Waals surface area contributed by atoms with Crippen LogP contribution >= 0.6 is 11.3 Å². The summed E-state index contributed by atoms with van der Waals surface area (Å²) in [6.07, 6.45) is 2.92. The third kappa shape index (κ3) is 4.04. The summed E-state index contributed by atoms with van der Waals surface area (Å²) in [5.74, 6) is 2.19. The zero-order chi connectivity index (χ0) is 18.6. The Hall–Kier alpha value is -2.64. The van der Waals surface area contributed by atoms with Crippen LogP contribution in [0.1, 0.15) is 6.42 Å². The number of benzene rings is 1. The number of nitrogens with one attached hydrogen (secondary N) is 1. The van der Waals surface area contributed by atoms with E-state index in [1.165, 1.54) is 0 Å². The Morgan fingerprint density at radius 2 is 2.07 bits per heavy atom. The van der Waals surface area contributed by atoms with E-state index in [2.05, 4.69) is 40.7 Å². The van der Waals surface area contributed by atoms with Crippen LogP contribution in [-0.4, -0.2) is 48.8 Å². The summed E-state index contributed by atoms with van der Waals surface area (Å²) in [6, 6.07) is 10.1. The molecule has 1 N–H and O–H groups in total. The molecule has 0 atom stereocenters. The summed E-state index contributed by atoms with van der Waals surface area (Å²) < 4.78 is 10.9. The second kappa shape index (κ2) is 7.94. The fourth-order valence-electron chi connectivity index (χ4n) is 2.94. The van der Waals surface area contributed by atoms with E-state index in [-0.39, 0.29) is 6.79 Å². The lowest BCUT2D eigenvalue weighted by molar-refractivity contribution is 0.174. The van der Waals surface area contributed by atoms with Gasteiger partial charge in [0.2, 0.25) is 12.7 Å². The summed E-state index contributed by atoms with van der Waals surface area (Å²) >= 11 is 1.67. The lowest BCUT2D eigenvalue weighted by atomic mass is 10.0. The summed E-state index contributed by atoms with van der Waals surface area (Å²) in [4.78, 5) is 12.6. The van der Waals surface area contributed by atoms with Crippen LogP contribution in [0.15, 0.2) is 41.9 Å². The highest BCUT2D eigenvalue weighted by atomic mass is 32.1. The molecule has 6 nitrogen and oxygen atoms in total. The van der Waals surface area contributed by atoms with Gasteiger partial charge >= 0.3 is 0 Å². The summed E-state index contributed by atoms with van der Waals surface area (Å²) in [5.41, 5.74) is 2.92. The molecule has 3 aromatic rings. The Balaban J connectivity index is 1.63. The second-order valence-electron chi connectivity index (χ2n) is 6.58. The van der Waals surface area contributed by atoms with Crippen LogP contribution in [0.5, 0.6) is 11.5 Å². The van der Waals surface area contributed by atoms with Gasteiger partial charge in [-0.2, -0.15) is 0 Å². The third-order valence-corrected chi connectivity index (χ3v) is 5.17. The molecule has 4 rings (SSSR count). The molecule has 0 spiro atoms. The van der Waals surface area contributed by atoms with Gasteiger partial charge in [0.25, 0.3) is 0 Å². The number of fused-ring (bicyclic) bond motifs is 1. The standard InChI is InChI=1S/C20H22N4O2S/c1-24(2)9-4-8-21-20-22-12-15(19(23-20)18-5-3-10-27-18)14-6-7-16-17(11-14)26-13-25-16/h3,5-7,10-12H,4,8-9,13H2,1-2H3,(H,21,22,23). The Bertz CT molecular complexity index is 912. The maximum Gasteiger partial charge on any atom is 0.231 e. The maximum atomic E-state index is 5.52. The summed E-state index contributed by atoms with van der Waals surface area (Å²) in [6.45, 7) is 2.13. The van der Waals surface area contributed by atoms with Crippen molar-refractivity contribution in [3.05, 3.63) is 41.9 Å². The van der Waals surface area contributed by atoms with E-state index in [0.717, 1.165) is 52.7 Å². The molecular weight excluding hydrogens is 360 g/mol. The van der Waals surface area contributed by atoms with E-state index in [1.807, 2.05) is 30.5 Å². The average molecular weight is 382 g/mol. The largest absolute Gasteiger partial charge is 0.454 e. The number of hydrogen-bond donors (Lipinski definition) is 1. The maximum absolute atomic E-state index is 5.52. The molecule has 1 aliphatic rings. The van der Waals surface area contributed by atoms with Gasteiger partial charge in [0.1, 0.15) is 0 Å². The molecule has 0 radical (unpaired) electrons. The first-order valence-electron chi connectivity index (χ1n) is 8.90. The van der Waals surface area contributed by atoms with Crippen molar-refractivity contribution < 1.29 is 9.47 Å². The van der Waals surface area contributed by atoms with Gasteiger partial charge in [-0.25, -0.2) is 9.97 Å². The highest BCUT2D eigenvalue weighted by Crippen LogP contribution is 2.39. The number of nitrogens with zero attached hydrogens (tertiary/aromatic N) is 3. The molecule has 0 amide bonds. The smallest absolute Gasteiger partial charge is 0.231 e. The van der Waals surface area contributed by atoms with Gasteiger partial charge < -0.3 is 19.7 Å². The number of thiophene rings is 1. The van der Waals surface area contributed by atoms with Crippen LogP contribution in [0.3, 0.4) is 0 Å². The summed E-state index contributed by atoms with van der Waals surface area (Å²) in [7, 11) is 4.15. The molecule has 0 saturated heterocycles. The van der Waals surface area contributed by atoms with Crippen molar-refractivity contribution in [3.8, 4) is 33.2 Å². The van der Waals surface area contributed by atoms with E-state index in [9.17, 15) is 0 Å². The number of aromatic nitrogens is 2. The van der Waals surface area contributed by atoms with Gasteiger partial charge in [0.05, 0.1) is 10.6 Å². The zero-order valence-corrected chi connectivity index (χ0v) is 16.3. The molecule has 0 saturated carbocycles. The summed E-state index contributed by atoms with van der Waals surface area (Å²) in [5, 5.41) is 5.39. The SMILES string of the molecule is CN(C)CCCNc1ncc(-c2ccc3c(c2)OCO3)c(-c2cccs2)n1. The number of hydrogen-bond acceptors (Lipinski definition) is 7. The van der Waals surface area contributed by atoms with E-state index >= 15 is 0 Å². The Morgan fingerprint density at radius 1 is 1.19 bits per heavy atom. The van der Waals surface area contributed by atoms with Crippen molar-refractivity contribution >= 4 is 17.3 Å². The minimum Gasteiger partial charge on any atom is -0.454 e. The van der Waals surface area contributed by atoms with Gasteiger partial charge in [-0.3, -0.25) is 0 Å². The van der Waals surface area contributed by atoms with Crippen molar-refractivity contribution in [1.82, 2.24) is 14.9 Å². The quantitative estimate of drug-likeness (QED) is 0.624. The molecule has 140 valence electrons. The molecule has 0 bridgehead atoms. The minimum absolute atomic E-state index is 0.267. The van der Waals surface area contributed by atoms with Crippen molar-refractivity contribution in [2.75, 3.05) is 39.3 Å². The molecular formula is C20H22N4O2S. The first kappa shape index (κ1) is 17.8. The van der Waals surface area contributed by atoms with Crippen molar-refractivity contribution in [1.29, 1.82) is 0 Å². The molecule has 3 heterocycles. The second-order valence-corrected chi connectivity index (χ2v) is 7.53. The van der Waals surface area contributed by atoms with Crippen LogP contribution in [0.4, 0.5) is 5.95 Å². The van der Waals surface area contributed by atoms with Crippen LogP contribution in [-0.2, 0) is 0 Å². The molecule has 1 aliphatic heterocycles. The Kier molecular flexibility index (Phi) is 5.22. The topological polar surface area (TPSA) is 59.5 Å². The van der Waals surface area contributed by atoms with E-state index < -0.39 is 0 Å². The normalized spacial score (nSPS) is 12.6. The fourth-order valence-corrected chi connectivity index (χ4v) is 3.67. The highest BCUT2D eigenvalue weighted by Gasteiger charge is 2.17. The van der Waals surface area contributed by atoms with Crippen molar-refractivity contribution in [3.63, 3.8) is 0 Å². The first-order chi connectivity index (χ1) is 13.2. The van der Waals surface area contributed by atoms with Crippen LogP contribution in [0, 0.1) is 0 Å². The predicted octanol–water partition coefficient (Wildman–Crippen LogP) is 3.96. The lowest BCUT2D eigenvalue weighted by Crippen LogP contribution is -2.17. The first-order valence-corrected chi connectivity index (χ1v) is 9.78. The molecule has 0 unspecified atom stereocenters. The lowest BCUT2D eigenvalue weighted by Gasteiger charge is -2.12. The third-order valence-electron chi connectivity index (χ3n) is 4.29. The molecule has 0 aliphatic carbocycles. The van der Waals surface area contributed by atoms with E-state index in [1.54, 1.807) is 11.3 Å². The molecule has 1 aromatic carbocycles. The number of anilines is 1. The van der Waals surface area contributed by atoms with Crippen molar-refractivity contribution in [2.45, 2.75) is 6.42 Å². The van der Waals surface area contributed by atoms with Crippen LogP contribution in [0.2, 0.25) is 0 Å². The van der Waals surface area contributed by atoms with Crippen LogP contribution in [0.25, 0.3) is 21.7 Å². The molecule has 27 heavy (non-hydrogen) atoms. The van der Waals surface area contributed by atoms with E-state index in [4.69, 9.17) is 14.5 Å². The molecule has 2 aromatic heterocycles. The van der Waals surface area contributed by atoms with Gasteiger partial charge in [-0.05, 0) is 56.2 Å². The average Bonchev–Trinajstić information content (AvgIpc) is 3.36. The molecule has 0 fully saturated rings. The highest BCUT2D eigenvalue weighted by molar-refractivity contribution is 7.13. The van der Waals surface area contributed by atoms with E-state index in [0.29, 0.717) is 5.95 Å².